The van der Waals surface area contributed by atoms with Crippen molar-refractivity contribution in [3.8, 4) is 11.4 Å². The molecule has 24 heavy (non-hydrogen) atoms. The zero-order chi connectivity index (χ0) is 16.7. The lowest BCUT2D eigenvalue weighted by Gasteiger charge is -2.19. The fourth-order valence-corrected chi connectivity index (χ4v) is 3.28. The standard InChI is InChI=1S/C19H19N3O2/c1-22-16-9-5-3-7-14(16)17(20-10-12(24)11-23)18-19(22)13-6-2-4-8-15(13)21-18/h2-9,12,20,23-24H,10-11H2,1H3. The van der Waals surface area contributed by atoms with Gasteiger partial charge in [0.1, 0.15) is 5.69 Å². The Labute approximate surface area is 139 Å². The highest BCUT2D eigenvalue weighted by Gasteiger charge is 2.22. The minimum absolute atomic E-state index is 0.270. The third-order valence-corrected chi connectivity index (χ3v) is 4.45. The minimum atomic E-state index is -0.808. The van der Waals surface area contributed by atoms with E-state index in [9.17, 15) is 5.11 Å². The zero-order valence-electron chi connectivity index (χ0n) is 13.4. The molecule has 5 nitrogen and oxygen atoms in total. The minimum Gasteiger partial charge on any atom is -0.394 e. The summed E-state index contributed by atoms with van der Waals surface area (Å²) in [6, 6.07) is 16.2. The molecular formula is C19H19N3O2. The van der Waals surface area contributed by atoms with E-state index >= 15 is 0 Å². The number of rotatable bonds is 4. The normalized spacial score (nSPS) is 13.0. The van der Waals surface area contributed by atoms with Gasteiger partial charge in [-0.15, -0.1) is 0 Å². The van der Waals surface area contributed by atoms with E-state index in [1.54, 1.807) is 0 Å². The summed E-state index contributed by atoms with van der Waals surface area (Å²) in [7, 11) is 2.05. The summed E-state index contributed by atoms with van der Waals surface area (Å²) in [5, 5.41) is 24.2. The molecule has 3 N–H and O–H groups in total. The van der Waals surface area contributed by atoms with Gasteiger partial charge in [-0.25, -0.2) is 4.98 Å². The van der Waals surface area contributed by atoms with Gasteiger partial charge in [0.15, 0.2) is 0 Å². The molecule has 1 atom stereocenters. The van der Waals surface area contributed by atoms with Crippen LogP contribution in [0.5, 0.6) is 0 Å². The van der Waals surface area contributed by atoms with Gasteiger partial charge in [0, 0.05) is 24.4 Å². The van der Waals surface area contributed by atoms with Crippen LogP contribution in [0.2, 0.25) is 0 Å². The number of nitrogens with zero attached hydrogens (tertiary/aromatic N) is 2. The molecule has 0 saturated carbocycles. The summed E-state index contributed by atoms with van der Waals surface area (Å²) < 4.78 is 2.16. The maximum atomic E-state index is 9.72. The molecule has 2 aromatic rings. The van der Waals surface area contributed by atoms with Gasteiger partial charge in [0.2, 0.25) is 0 Å². The quantitative estimate of drug-likeness (QED) is 0.540. The second-order valence-corrected chi connectivity index (χ2v) is 5.99. The molecule has 5 heteroatoms. The average molecular weight is 321 g/mol. The number of pyridine rings is 1. The fourth-order valence-electron chi connectivity index (χ4n) is 3.28. The first-order valence-corrected chi connectivity index (χ1v) is 7.99. The van der Waals surface area contributed by atoms with Crippen LogP contribution in [0, 0.1) is 0 Å². The summed E-state index contributed by atoms with van der Waals surface area (Å²) >= 11 is 0. The fraction of sp³-hybridized carbons (Fsp3) is 0.211. The number of anilines is 1. The lowest BCUT2D eigenvalue weighted by molar-refractivity contribution is 0.105. The Bertz CT molecular complexity index is 993. The molecule has 0 amide bonds. The molecule has 0 aromatic heterocycles. The second-order valence-electron chi connectivity index (χ2n) is 5.99. The van der Waals surface area contributed by atoms with Gasteiger partial charge < -0.3 is 20.1 Å². The molecule has 2 heterocycles. The molecule has 2 aromatic carbocycles. The number of aliphatic hydroxyl groups is 2. The third kappa shape index (κ3) is 2.21. The zero-order valence-corrected chi connectivity index (χ0v) is 13.4. The Kier molecular flexibility index (Phi) is 3.59. The van der Waals surface area contributed by atoms with Gasteiger partial charge in [-0.3, -0.25) is 0 Å². The van der Waals surface area contributed by atoms with Crippen LogP contribution in [0.15, 0.2) is 48.5 Å². The molecule has 122 valence electrons. The van der Waals surface area contributed by atoms with Crippen LogP contribution in [0.4, 0.5) is 5.69 Å². The van der Waals surface area contributed by atoms with Gasteiger partial charge in [-0.2, -0.15) is 0 Å². The van der Waals surface area contributed by atoms with Crippen LogP contribution in [-0.2, 0) is 7.05 Å². The highest BCUT2D eigenvalue weighted by molar-refractivity contribution is 6.08. The lowest BCUT2D eigenvalue weighted by Crippen LogP contribution is -2.23. The maximum Gasteiger partial charge on any atom is 0.112 e. The smallest absolute Gasteiger partial charge is 0.112 e. The Morgan fingerprint density at radius 1 is 1.08 bits per heavy atom. The van der Waals surface area contributed by atoms with Crippen molar-refractivity contribution in [2.24, 2.45) is 7.05 Å². The Hall–Kier alpha value is -2.63. The van der Waals surface area contributed by atoms with Crippen molar-refractivity contribution < 1.29 is 10.2 Å². The summed E-state index contributed by atoms with van der Waals surface area (Å²) in [5.74, 6) is 0. The summed E-state index contributed by atoms with van der Waals surface area (Å²) in [6.07, 6.45) is -0.808. The van der Waals surface area contributed by atoms with Crippen molar-refractivity contribution in [1.82, 2.24) is 9.55 Å². The molecule has 0 aliphatic carbocycles. The van der Waals surface area contributed by atoms with Gasteiger partial charge in [0.05, 0.1) is 35.1 Å². The molecule has 0 radical (unpaired) electrons. The van der Waals surface area contributed by atoms with Crippen LogP contribution >= 0.6 is 0 Å². The lowest BCUT2D eigenvalue weighted by atomic mass is 10.1. The number of fused-ring (bicyclic) bond motifs is 4. The topological polar surface area (TPSA) is 70.3 Å². The molecule has 0 spiro atoms. The van der Waals surface area contributed by atoms with Crippen LogP contribution in [0.1, 0.15) is 0 Å². The number of aliphatic hydroxyl groups excluding tert-OH is 2. The first kappa shape index (κ1) is 14.9. The first-order chi connectivity index (χ1) is 11.7. The van der Waals surface area contributed by atoms with E-state index in [4.69, 9.17) is 10.1 Å². The number of aryl methyl sites for hydroxylation is 1. The van der Waals surface area contributed by atoms with Gasteiger partial charge in [0.25, 0.3) is 0 Å². The van der Waals surface area contributed by atoms with Crippen molar-refractivity contribution in [2.75, 3.05) is 18.5 Å². The average Bonchev–Trinajstić information content (AvgIpc) is 3.01. The summed E-state index contributed by atoms with van der Waals surface area (Å²) in [4.78, 5) is 4.80. The third-order valence-electron chi connectivity index (χ3n) is 4.45. The number of nitrogens with one attached hydrogen (secondary N) is 1. The SMILES string of the molecule is Cn1c2c3ccccc3nc-2c(NCC(O)CO)c2ccccc21. The molecule has 2 aliphatic rings. The number of benzene rings is 2. The van der Waals surface area contributed by atoms with E-state index in [1.165, 1.54) is 0 Å². The van der Waals surface area contributed by atoms with Crippen molar-refractivity contribution in [3.63, 3.8) is 0 Å². The summed E-state index contributed by atoms with van der Waals surface area (Å²) in [6.45, 7) is -0.00235. The predicted octanol–water partition coefficient (Wildman–Crippen LogP) is 2.60. The van der Waals surface area contributed by atoms with Crippen LogP contribution in [-0.4, -0.2) is 39.0 Å². The first-order valence-electron chi connectivity index (χ1n) is 7.99. The van der Waals surface area contributed by atoms with Crippen LogP contribution in [0.25, 0.3) is 33.2 Å². The summed E-state index contributed by atoms with van der Waals surface area (Å²) in [5.41, 5.74) is 4.86. The van der Waals surface area contributed by atoms with Crippen LogP contribution < -0.4 is 5.32 Å². The van der Waals surface area contributed by atoms with Gasteiger partial charge in [-0.05, 0) is 12.1 Å². The largest absolute Gasteiger partial charge is 0.394 e. The number of para-hydroxylation sites is 2. The van der Waals surface area contributed by atoms with Crippen LogP contribution in [0.3, 0.4) is 0 Å². The molecule has 0 fully saturated rings. The molecular weight excluding hydrogens is 302 g/mol. The Balaban J connectivity index is 2.04. The maximum absolute atomic E-state index is 9.72. The van der Waals surface area contributed by atoms with E-state index in [0.717, 1.165) is 38.9 Å². The van der Waals surface area contributed by atoms with E-state index in [2.05, 4.69) is 22.0 Å². The highest BCUT2D eigenvalue weighted by atomic mass is 16.3. The Morgan fingerprint density at radius 3 is 2.58 bits per heavy atom. The van der Waals surface area contributed by atoms with E-state index in [1.807, 2.05) is 43.4 Å². The molecule has 0 bridgehead atoms. The molecule has 4 rings (SSSR count). The van der Waals surface area contributed by atoms with E-state index in [0.29, 0.717) is 0 Å². The highest BCUT2D eigenvalue weighted by Crippen LogP contribution is 2.40. The van der Waals surface area contributed by atoms with Gasteiger partial charge in [-0.1, -0.05) is 36.4 Å². The molecule has 2 aliphatic heterocycles. The van der Waals surface area contributed by atoms with E-state index < -0.39 is 6.10 Å². The van der Waals surface area contributed by atoms with Gasteiger partial charge >= 0.3 is 0 Å². The van der Waals surface area contributed by atoms with Crippen molar-refractivity contribution in [3.05, 3.63) is 48.5 Å². The number of hydrogen-bond donors (Lipinski definition) is 3. The Morgan fingerprint density at radius 2 is 1.79 bits per heavy atom. The van der Waals surface area contributed by atoms with Crippen molar-refractivity contribution >= 4 is 27.5 Å². The predicted molar refractivity (Wildman–Crippen MR) is 96.4 cm³/mol. The van der Waals surface area contributed by atoms with E-state index in [-0.39, 0.29) is 13.2 Å². The van der Waals surface area contributed by atoms with Crippen molar-refractivity contribution in [2.45, 2.75) is 6.10 Å². The monoisotopic (exact) mass is 321 g/mol. The second kappa shape index (κ2) is 5.78. The van der Waals surface area contributed by atoms with Crippen molar-refractivity contribution in [1.29, 1.82) is 0 Å². The molecule has 0 saturated heterocycles. The number of hydrogen-bond acceptors (Lipinski definition) is 4. The molecule has 1 unspecified atom stereocenters. The number of aromatic nitrogens is 2.